The molecule has 8 heteroatoms. The lowest BCUT2D eigenvalue weighted by atomic mass is 9.98. The summed E-state index contributed by atoms with van der Waals surface area (Å²) in [5.41, 5.74) is 0.790. The molecule has 3 heterocycles. The summed E-state index contributed by atoms with van der Waals surface area (Å²) in [6.45, 7) is 7.01. The SMILES string of the molecule is CC(C)c1cc(=O)n(CC2CCN(S(=O)(=O)N3CCCC3)CC2)cn1. The first-order chi connectivity index (χ1) is 11.9. The zero-order valence-corrected chi connectivity index (χ0v) is 15.9. The number of nitrogens with zero attached hydrogens (tertiary/aromatic N) is 4. The van der Waals surface area contributed by atoms with Crippen LogP contribution in [-0.2, 0) is 16.8 Å². The smallest absolute Gasteiger partial charge is 0.281 e. The van der Waals surface area contributed by atoms with Crippen molar-refractivity contribution >= 4 is 10.2 Å². The summed E-state index contributed by atoms with van der Waals surface area (Å²) in [7, 11) is -3.30. The number of piperidine rings is 1. The van der Waals surface area contributed by atoms with Crippen molar-refractivity contribution in [1.29, 1.82) is 0 Å². The van der Waals surface area contributed by atoms with Gasteiger partial charge in [0.25, 0.3) is 15.8 Å². The van der Waals surface area contributed by atoms with Gasteiger partial charge in [-0.25, -0.2) is 4.98 Å². The summed E-state index contributed by atoms with van der Waals surface area (Å²) < 4.78 is 30.1. The van der Waals surface area contributed by atoms with E-state index in [2.05, 4.69) is 4.98 Å². The van der Waals surface area contributed by atoms with Crippen molar-refractivity contribution in [2.45, 2.75) is 52.0 Å². The average Bonchev–Trinajstić information content (AvgIpc) is 3.12. The molecule has 0 atom stereocenters. The van der Waals surface area contributed by atoms with Crippen LogP contribution in [0.2, 0.25) is 0 Å². The lowest BCUT2D eigenvalue weighted by Gasteiger charge is -2.33. The second-order valence-corrected chi connectivity index (χ2v) is 9.34. The molecule has 0 spiro atoms. The maximum Gasteiger partial charge on any atom is 0.281 e. The van der Waals surface area contributed by atoms with E-state index in [1.165, 1.54) is 0 Å². The Bertz CT molecular complexity index is 745. The van der Waals surface area contributed by atoms with Crippen molar-refractivity contribution in [3.8, 4) is 0 Å². The predicted molar refractivity (Wildman–Crippen MR) is 96.6 cm³/mol. The van der Waals surface area contributed by atoms with E-state index < -0.39 is 10.2 Å². The van der Waals surface area contributed by atoms with Crippen molar-refractivity contribution < 1.29 is 8.42 Å². The fourth-order valence-electron chi connectivity index (χ4n) is 3.58. The fraction of sp³-hybridized carbons (Fsp3) is 0.765. The molecular weight excluding hydrogens is 340 g/mol. The van der Waals surface area contributed by atoms with Gasteiger partial charge in [0.15, 0.2) is 0 Å². The minimum atomic E-state index is -3.30. The summed E-state index contributed by atoms with van der Waals surface area (Å²) in [5.74, 6) is 0.552. The van der Waals surface area contributed by atoms with Crippen LogP contribution < -0.4 is 5.56 Å². The van der Waals surface area contributed by atoms with Crippen LogP contribution in [-0.4, -0.2) is 52.8 Å². The molecule has 7 nitrogen and oxygen atoms in total. The summed E-state index contributed by atoms with van der Waals surface area (Å²) in [6.07, 6.45) is 5.11. The summed E-state index contributed by atoms with van der Waals surface area (Å²) in [5, 5.41) is 0. The molecule has 0 amide bonds. The standard InChI is InChI=1S/C17H28N4O3S/c1-14(2)16-11-17(22)19(13-18-16)12-15-5-9-21(10-6-15)25(23,24)20-7-3-4-8-20/h11,13-15H,3-10,12H2,1-2H3. The third-order valence-electron chi connectivity index (χ3n) is 5.24. The maximum absolute atomic E-state index is 12.6. The van der Waals surface area contributed by atoms with E-state index in [4.69, 9.17) is 0 Å². The molecule has 0 radical (unpaired) electrons. The molecule has 0 aliphatic carbocycles. The second kappa shape index (κ2) is 7.55. The zero-order valence-electron chi connectivity index (χ0n) is 15.1. The van der Waals surface area contributed by atoms with Crippen molar-refractivity contribution in [1.82, 2.24) is 18.2 Å². The molecule has 3 rings (SSSR count). The maximum atomic E-state index is 12.6. The van der Waals surface area contributed by atoms with Crippen LogP contribution in [0.15, 0.2) is 17.2 Å². The molecular formula is C17H28N4O3S. The Morgan fingerprint density at radius 3 is 2.28 bits per heavy atom. The molecule has 0 saturated carbocycles. The Balaban J connectivity index is 1.59. The minimum Gasteiger partial charge on any atom is -0.299 e. The lowest BCUT2D eigenvalue weighted by Crippen LogP contribution is -2.46. The molecule has 0 aromatic carbocycles. The monoisotopic (exact) mass is 368 g/mol. The Morgan fingerprint density at radius 2 is 1.72 bits per heavy atom. The van der Waals surface area contributed by atoms with E-state index >= 15 is 0 Å². The Hall–Kier alpha value is -1.25. The van der Waals surface area contributed by atoms with Crippen LogP contribution in [0.1, 0.15) is 51.1 Å². The van der Waals surface area contributed by atoms with Crippen LogP contribution >= 0.6 is 0 Å². The molecule has 2 saturated heterocycles. The first kappa shape index (κ1) is 18.5. The summed E-state index contributed by atoms with van der Waals surface area (Å²) >= 11 is 0. The van der Waals surface area contributed by atoms with Crippen LogP contribution in [0, 0.1) is 5.92 Å². The van der Waals surface area contributed by atoms with Gasteiger partial charge in [0.1, 0.15) is 0 Å². The molecule has 0 N–H and O–H groups in total. The molecule has 140 valence electrons. The van der Waals surface area contributed by atoms with Crippen molar-refractivity contribution in [3.05, 3.63) is 28.4 Å². The molecule has 2 aliphatic heterocycles. The highest BCUT2D eigenvalue weighted by Gasteiger charge is 2.34. The fourth-order valence-corrected chi connectivity index (χ4v) is 5.29. The first-order valence-corrected chi connectivity index (χ1v) is 10.6. The van der Waals surface area contributed by atoms with E-state index in [-0.39, 0.29) is 11.5 Å². The molecule has 0 unspecified atom stereocenters. The van der Waals surface area contributed by atoms with Gasteiger partial charge in [-0.15, -0.1) is 0 Å². The molecule has 2 aliphatic rings. The molecule has 1 aromatic heterocycles. The number of hydrogen-bond donors (Lipinski definition) is 0. The van der Waals surface area contributed by atoms with Gasteiger partial charge in [0.2, 0.25) is 0 Å². The topological polar surface area (TPSA) is 75.5 Å². The van der Waals surface area contributed by atoms with E-state index in [9.17, 15) is 13.2 Å². The quantitative estimate of drug-likeness (QED) is 0.788. The van der Waals surface area contributed by atoms with Gasteiger partial charge in [-0.05, 0) is 37.5 Å². The number of rotatable bonds is 5. The van der Waals surface area contributed by atoms with Crippen LogP contribution in [0.4, 0.5) is 0 Å². The van der Waals surface area contributed by atoms with Gasteiger partial charge in [-0.3, -0.25) is 9.36 Å². The summed E-state index contributed by atoms with van der Waals surface area (Å²) in [6, 6.07) is 1.61. The van der Waals surface area contributed by atoms with Gasteiger partial charge < -0.3 is 0 Å². The Morgan fingerprint density at radius 1 is 1.12 bits per heavy atom. The van der Waals surface area contributed by atoms with E-state index in [1.54, 1.807) is 25.6 Å². The first-order valence-electron chi connectivity index (χ1n) is 9.19. The third-order valence-corrected chi connectivity index (χ3v) is 7.27. The van der Waals surface area contributed by atoms with Gasteiger partial charge >= 0.3 is 0 Å². The van der Waals surface area contributed by atoms with Crippen LogP contribution in [0.5, 0.6) is 0 Å². The van der Waals surface area contributed by atoms with E-state index in [1.807, 2.05) is 13.8 Å². The highest BCUT2D eigenvalue weighted by atomic mass is 32.2. The lowest BCUT2D eigenvalue weighted by molar-refractivity contribution is 0.239. The van der Waals surface area contributed by atoms with Gasteiger partial charge in [0.05, 0.1) is 12.0 Å². The minimum absolute atomic E-state index is 0.0224. The van der Waals surface area contributed by atoms with E-state index in [0.717, 1.165) is 31.4 Å². The van der Waals surface area contributed by atoms with Gasteiger partial charge in [0, 0.05) is 38.8 Å². The van der Waals surface area contributed by atoms with Crippen molar-refractivity contribution in [2.24, 2.45) is 5.92 Å². The molecule has 1 aromatic rings. The predicted octanol–water partition coefficient (Wildman–Crippen LogP) is 1.42. The van der Waals surface area contributed by atoms with Crippen LogP contribution in [0.3, 0.4) is 0 Å². The van der Waals surface area contributed by atoms with Crippen LogP contribution in [0.25, 0.3) is 0 Å². The zero-order chi connectivity index (χ0) is 18.0. The third kappa shape index (κ3) is 4.12. The summed E-state index contributed by atoms with van der Waals surface area (Å²) in [4.78, 5) is 16.6. The van der Waals surface area contributed by atoms with Crippen molar-refractivity contribution in [2.75, 3.05) is 26.2 Å². The number of aromatic nitrogens is 2. The Labute approximate surface area is 149 Å². The molecule has 25 heavy (non-hydrogen) atoms. The van der Waals surface area contributed by atoms with Gasteiger partial charge in [-0.2, -0.15) is 17.0 Å². The highest BCUT2D eigenvalue weighted by Crippen LogP contribution is 2.24. The van der Waals surface area contributed by atoms with Crippen molar-refractivity contribution in [3.63, 3.8) is 0 Å². The van der Waals surface area contributed by atoms with E-state index in [0.29, 0.717) is 38.6 Å². The Kier molecular flexibility index (Phi) is 5.60. The molecule has 0 bridgehead atoms. The molecule has 2 fully saturated rings. The van der Waals surface area contributed by atoms with Gasteiger partial charge in [-0.1, -0.05) is 13.8 Å². The largest absolute Gasteiger partial charge is 0.299 e. The highest BCUT2D eigenvalue weighted by molar-refractivity contribution is 7.86. The average molecular weight is 369 g/mol. The number of hydrogen-bond acceptors (Lipinski definition) is 4. The second-order valence-electron chi connectivity index (χ2n) is 7.42. The normalized spacial score (nSPS) is 21.2.